The molecule has 3 N–H and O–H groups in total. The number of rotatable bonds is 6. The van der Waals surface area contributed by atoms with Gasteiger partial charge in [-0.3, -0.25) is 0 Å². The molecule has 0 aliphatic carbocycles. The number of benzene rings is 4. The summed E-state index contributed by atoms with van der Waals surface area (Å²) in [6.45, 7) is 0.127. The number of esters is 1. The highest BCUT2D eigenvalue weighted by Crippen LogP contribution is 2.37. The number of hydrogen-bond acceptors (Lipinski definition) is 6. The van der Waals surface area contributed by atoms with E-state index in [9.17, 15) is 19.8 Å². The first-order valence-corrected chi connectivity index (χ1v) is 11.7. The molecule has 0 bridgehead atoms. The summed E-state index contributed by atoms with van der Waals surface area (Å²) in [4.78, 5) is 23.8. The molecule has 4 aromatic carbocycles. The quantitative estimate of drug-likeness (QED) is 0.251. The third-order valence-corrected chi connectivity index (χ3v) is 6.80. The Labute approximate surface area is 204 Å². The number of thiophene rings is 1. The molecule has 0 unspecified atom stereocenters. The van der Waals surface area contributed by atoms with Gasteiger partial charge in [-0.05, 0) is 75.8 Å². The molecule has 0 radical (unpaired) electrons. The summed E-state index contributed by atoms with van der Waals surface area (Å²) in [6.07, 6.45) is 0.188. The van der Waals surface area contributed by atoms with E-state index in [2.05, 4.69) is 0 Å². The van der Waals surface area contributed by atoms with E-state index in [0.717, 1.165) is 16.5 Å². The molecular formula is C28H20O6S. The van der Waals surface area contributed by atoms with Crippen molar-refractivity contribution in [3.8, 4) is 11.5 Å². The van der Waals surface area contributed by atoms with Gasteiger partial charge in [-0.2, -0.15) is 0 Å². The maximum absolute atomic E-state index is 12.7. The number of carboxylic acid groups (broad SMARTS) is 1. The SMILES string of the molecule is O=C(O)c1ccc(Cc2c(O)cc3ccc(C(=O)OCc4ccc5sccc5c4)cc3c2O)cc1. The Hall–Kier alpha value is -4.36. The van der Waals surface area contributed by atoms with Gasteiger partial charge in [0.2, 0.25) is 0 Å². The fraction of sp³-hybridized carbons (Fsp3) is 0.0714. The average molecular weight is 485 g/mol. The molecule has 1 heterocycles. The Morgan fingerprint density at radius 2 is 1.54 bits per heavy atom. The summed E-state index contributed by atoms with van der Waals surface area (Å²) in [7, 11) is 0. The van der Waals surface area contributed by atoms with Crippen LogP contribution in [0.15, 0.2) is 78.2 Å². The van der Waals surface area contributed by atoms with E-state index >= 15 is 0 Å². The van der Waals surface area contributed by atoms with Gasteiger partial charge in [0, 0.05) is 22.1 Å². The molecule has 0 aliphatic rings. The number of fused-ring (bicyclic) bond motifs is 2. The molecule has 6 nitrogen and oxygen atoms in total. The van der Waals surface area contributed by atoms with Crippen molar-refractivity contribution in [2.24, 2.45) is 0 Å². The molecule has 5 aromatic rings. The van der Waals surface area contributed by atoms with Gasteiger partial charge in [-0.25, -0.2) is 9.59 Å². The number of ether oxygens (including phenoxy) is 1. The number of aromatic hydroxyl groups is 2. The highest BCUT2D eigenvalue weighted by molar-refractivity contribution is 7.17. The maximum atomic E-state index is 12.7. The first-order valence-electron chi connectivity index (χ1n) is 10.8. The molecule has 0 atom stereocenters. The normalized spacial score (nSPS) is 11.1. The lowest BCUT2D eigenvalue weighted by Gasteiger charge is -2.12. The van der Waals surface area contributed by atoms with Gasteiger partial charge in [0.15, 0.2) is 0 Å². The van der Waals surface area contributed by atoms with E-state index in [-0.39, 0.29) is 41.2 Å². The lowest BCUT2D eigenvalue weighted by atomic mass is 9.97. The molecular weight excluding hydrogens is 464 g/mol. The van der Waals surface area contributed by atoms with Gasteiger partial charge in [0.1, 0.15) is 18.1 Å². The van der Waals surface area contributed by atoms with Crippen LogP contribution in [0.3, 0.4) is 0 Å². The fourth-order valence-electron chi connectivity index (χ4n) is 4.01. The fourth-order valence-corrected chi connectivity index (χ4v) is 4.79. The van der Waals surface area contributed by atoms with E-state index in [1.165, 1.54) is 22.9 Å². The zero-order valence-electron chi connectivity index (χ0n) is 18.4. The van der Waals surface area contributed by atoms with Crippen LogP contribution in [0.5, 0.6) is 11.5 Å². The topological polar surface area (TPSA) is 104 Å². The second-order valence-electron chi connectivity index (χ2n) is 8.21. The van der Waals surface area contributed by atoms with Crippen molar-refractivity contribution < 1.29 is 29.6 Å². The van der Waals surface area contributed by atoms with Crippen LogP contribution in [-0.4, -0.2) is 27.3 Å². The van der Waals surface area contributed by atoms with Crippen LogP contribution in [0.1, 0.15) is 37.4 Å². The van der Waals surface area contributed by atoms with E-state index in [0.29, 0.717) is 10.8 Å². The first kappa shape index (κ1) is 22.4. The van der Waals surface area contributed by atoms with Gasteiger partial charge >= 0.3 is 11.9 Å². The zero-order valence-corrected chi connectivity index (χ0v) is 19.2. The van der Waals surface area contributed by atoms with Crippen LogP contribution in [0.2, 0.25) is 0 Å². The molecule has 0 spiro atoms. The van der Waals surface area contributed by atoms with Crippen molar-refractivity contribution in [1.82, 2.24) is 0 Å². The Kier molecular flexibility index (Phi) is 5.84. The molecule has 0 saturated carbocycles. The summed E-state index contributed by atoms with van der Waals surface area (Å²) < 4.78 is 6.66. The van der Waals surface area contributed by atoms with E-state index in [4.69, 9.17) is 9.84 Å². The minimum Gasteiger partial charge on any atom is -0.507 e. The van der Waals surface area contributed by atoms with Crippen LogP contribution >= 0.6 is 11.3 Å². The molecule has 5 rings (SSSR count). The Bertz CT molecular complexity index is 1580. The molecule has 0 saturated heterocycles. The summed E-state index contributed by atoms with van der Waals surface area (Å²) in [5.74, 6) is -1.77. The lowest BCUT2D eigenvalue weighted by Crippen LogP contribution is -2.05. The maximum Gasteiger partial charge on any atom is 0.338 e. The van der Waals surface area contributed by atoms with Gasteiger partial charge in [-0.1, -0.05) is 24.3 Å². The second-order valence-corrected chi connectivity index (χ2v) is 9.15. The summed E-state index contributed by atoms with van der Waals surface area (Å²) >= 11 is 1.65. The Balaban J connectivity index is 1.38. The molecule has 7 heteroatoms. The average Bonchev–Trinajstić information content (AvgIpc) is 3.33. The number of carboxylic acids is 1. The highest BCUT2D eigenvalue weighted by Gasteiger charge is 2.16. The monoisotopic (exact) mass is 484 g/mol. The second kappa shape index (κ2) is 9.12. The Morgan fingerprint density at radius 1 is 0.800 bits per heavy atom. The zero-order chi connectivity index (χ0) is 24.5. The minimum atomic E-state index is -1.03. The number of hydrogen-bond donors (Lipinski definition) is 3. The third-order valence-electron chi connectivity index (χ3n) is 5.90. The predicted octanol–water partition coefficient (Wildman–Crippen LogP) is 6.11. The van der Waals surface area contributed by atoms with Crippen molar-refractivity contribution in [1.29, 1.82) is 0 Å². The predicted molar refractivity (Wildman–Crippen MR) is 134 cm³/mol. The largest absolute Gasteiger partial charge is 0.507 e. The van der Waals surface area contributed by atoms with Crippen molar-refractivity contribution in [2.75, 3.05) is 0 Å². The molecule has 0 amide bonds. The van der Waals surface area contributed by atoms with Crippen LogP contribution in [0, 0.1) is 0 Å². The van der Waals surface area contributed by atoms with E-state index in [1.54, 1.807) is 41.7 Å². The third kappa shape index (κ3) is 4.54. The Morgan fingerprint density at radius 3 is 2.31 bits per heavy atom. The van der Waals surface area contributed by atoms with Crippen LogP contribution in [0.4, 0.5) is 0 Å². The van der Waals surface area contributed by atoms with Gasteiger partial charge in [-0.15, -0.1) is 11.3 Å². The molecule has 0 aliphatic heterocycles. The number of carbonyl (C=O) groups excluding carboxylic acids is 1. The van der Waals surface area contributed by atoms with Crippen molar-refractivity contribution in [2.45, 2.75) is 13.0 Å². The van der Waals surface area contributed by atoms with E-state index in [1.807, 2.05) is 29.6 Å². The molecule has 1 aromatic heterocycles. The summed E-state index contributed by atoms with van der Waals surface area (Å²) in [5.41, 5.74) is 2.33. The summed E-state index contributed by atoms with van der Waals surface area (Å²) in [6, 6.07) is 20.5. The molecule has 174 valence electrons. The van der Waals surface area contributed by atoms with Crippen molar-refractivity contribution in [3.63, 3.8) is 0 Å². The first-order chi connectivity index (χ1) is 16.9. The lowest BCUT2D eigenvalue weighted by molar-refractivity contribution is 0.0472. The van der Waals surface area contributed by atoms with Gasteiger partial charge < -0.3 is 20.1 Å². The van der Waals surface area contributed by atoms with Gasteiger partial charge in [0.25, 0.3) is 0 Å². The van der Waals surface area contributed by atoms with Crippen molar-refractivity contribution in [3.05, 3.63) is 106 Å². The summed E-state index contributed by atoms with van der Waals surface area (Å²) in [5, 5.41) is 34.6. The standard InChI is InChI=1S/C28H20O6S/c29-24-14-19-6-7-21(28(33)34-15-17-3-8-25-20(11-17)9-10-35-25)13-22(19)26(30)23(24)12-16-1-4-18(5-2-16)27(31)32/h1-11,13-14,29-30H,12,15H2,(H,31,32). The number of carbonyl (C=O) groups is 2. The van der Waals surface area contributed by atoms with Crippen LogP contribution in [0.25, 0.3) is 20.9 Å². The van der Waals surface area contributed by atoms with Crippen molar-refractivity contribution >= 4 is 44.1 Å². The molecule has 35 heavy (non-hydrogen) atoms. The minimum absolute atomic E-state index is 0.0866. The van der Waals surface area contributed by atoms with Gasteiger partial charge in [0.05, 0.1) is 11.1 Å². The number of aromatic carboxylic acids is 1. The van der Waals surface area contributed by atoms with E-state index < -0.39 is 11.9 Å². The smallest absolute Gasteiger partial charge is 0.338 e. The number of phenols is 2. The van der Waals surface area contributed by atoms with Crippen LogP contribution < -0.4 is 0 Å². The van der Waals surface area contributed by atoms with Crippen LogP contribution in [-0.2, 0) is 17.8 Å². The molecule has 0 fully saturated rings. The number of phenolic OH excluding ortho intramolecular Hbond substituents is 2. The highest BCUT2D eigenvalue weighted by atomic mass is 32.1.